The molecular formula is C20H32N2O4. The van der Waals surface area contributed by atoms with Crippen LogP contribution in [0.2, 0.25) is 0 Å². The van der Waals surface area contributed by atoms with Crippen molar-refractivity contribution >= 4 is 6.09 Å². The topological polar surface area (TPSA) is 79.8 Å². The van der Waals surface area contributed by atoms with E-state index in [4.69, 9.17) is 9.57 Å². The third-order valence-corrected chi connectivity index (χ3v) is 4.31. The van der Waals surface area contributed by atoms with Crippen molar-refractivity contribution in [3.63, 3.8) is 0 Å². The maximum atomic E-state index is 12.2. The molecule has 1 aromatic rings. The number of benzene rings is 1. The minimum absolute atomic E-state index is 0.216. The Bertz CT molecular complexity index is 538. The number of carbonyl (C=O) groups excluding carboxylic acids is 1. The van der Waals surface area contributed by atoms with Gasteiger partial charge in [-0.15, -0.1) is 0 Å². The molecule has 26 heavy (non-hydrogen) atoms. The number of carbonyl (C=O) groups is 1. The number of ether oxygens (including phenoxy) is 1. The lowest BCUT2D eigenvalue weighted by Crippen LogP contribution is -2.50. The molecule has 1 aliphatic carbocycles. The quantitative estimate of drug-likeness (QED) is 0.618. The molecule has 0 aromatic heterocycles. The van der Waals surface area contributed by atoms with Gasteiger partial charge in [-0.1, -0.05) is 43.2 Å². The summed E-state index contributed by atoms with van der Waals surface area (Å²) in [5, 5.41) is 13.4. The largest absolute Gasteiger partial charge is 0.444 e. The third kappa shape index (κ3) is 7.72. The molecule has 2 atom stereocenters. The van der Waals surface area contributed by atoms with Gasteiger partial charge in [-0.25, -0.2) is 4.79 Å². The van der Waals surface area contributed by atoms with E-state index in [2.05, 4.69) is 10.8 Å². The molecule has 6 heteroatoms. The van der Waals surface area contributed by atoms with E-state index in [0.29, 0.717) is 6.42 Å². The van der Waals surface area contributed by atoms with E-state index < -0.39 is 23.8 Å². The smallest absolute Gasteiger partial charge is 0.407 e. The number of amides is 1. The van der Waals surface area contributed by atoms with E-state index in [1.165, 1.54) is 12.8 Å². The normalized spacial score (nSPS) is 17.7. The fourth-order valence-corrected chi connectivity index (χ4v) is 3.01. The van der Waals surface area contributed by atoms with Crippen molar-refractivity contribution in [2.45, 2.75) is 76.7 Å². The van der Waals surface area contributed by atoms with Gasteiger partial charge < -0.3 is 15.2 Å². The Morgan fingerprint density at radius 1 is 1.23 bits per heavy atom. The van der Waals surface area contributed by atoms with Crippen LogP contribution < -0.4 is 10.8 Å². The van der Waals surface area contributed by atoms with Crippen LogP contribution >= 0.6 is 0 Å². The lowest BCUT2D eigenvalue weighted by atomic mass is 10.0. The summed E-state index contributed by atoms with van der Waals surface area (Å²) in [5.41, 5.74) is 3.32. The zero-order valence-electron chi connectivity index (χ0n) is 16.0. The Kier molecular flexibility index (Phi) is 7.87. The number of alkyl carbamates (subject to hydrolysis) is 1. The lowest BCUT2D eigenvalue weighted by molar-refractivity contribution is -0.0418. The number of hydrogen-bond donors (Lipinski definition) is 3. The summed E-state index contributed by atoms with van der Waals surface area (Å²) in [5.74, 6) is 0. The number of rotatable bonds is 8. The number of nitrogens with one attached hydrogen (secondary N) is 2. The summed E-state index contributed by atoms with van der Waals surface area (Å²) in [7, 11) is 0. The van der Waals surface area contributed by atoms with Crippen LogP contribution in [0.4, 0.5) is 4.79 Å². The summed E-state index contributed by atoms with van der Waals surface area (Å²) in [6, 6.07) is 9.28. The first-order chi connectivity index (χ1) is 12.3. The van der Waals surface area contributed by atoms with E-state index in [-0.39, 0.29) is 12.6 Å². The van der Waals surface area contributed by atoms with Gasteiger partial charge in [-0.3, -0.25) is 4.84 Å². The molecule has 146 valence electrons. The summed E-state index contributed by atoms with van der Waals surface area (Å²) in [4.78, 5) is 17.8. The molecule has 2 rings (SSSR count). The van der Waals surface area contributed by atoms with Crippen molar-refractivity contribution in [1.82, 2.24) is 10.8 Å². The van der Waals surface area contributed by atoms with Gasteiger partial charge >= 0.3 is 6.09 Å². The molecule has 1 amide bonds. The van der Waals surface area contributed by atoms with Crippen molar-refractivity contribution in [1.29, 1.82) is 0 Å². The summed E-state index contributed by atoms with van der Waals surface area (Å²) < 4.78 is 5.33. The highest BCUT2D eigenvalue weighted by Crippen LogP contribution is 2.19. The zero-order chi connectivity index (χ0) is 19.0. The van der Waals surface area contributed by atoms with Gasteiger partial charge in [0.25, 0.3) is 0 Å². The molecule has 0 heterocycles. The Morgan fingerprint density at radius 3 is 2.50 bits per heavy atom. The molecule has 3 N–H and O–H groups in total. The molecule has 6 nitrogen and oxygen atoms in total. The number of aliphatic hydroxyl groups is 1. The molecule has 1 aromatic carbocycles. The van der Waals surface area contributed by atoms with Gasteiger partial charge in [0.05, 0.1) is 18.2 Å². The zero-order valence-corrected chi connectivity index (χ0v) is 16.0. The van der Waals surface area contributed by atoms with Gasteiger partial charge in [-0.2, -0.15) is 5.48 Å². The van der Waals surface area contributed by atoms with Gasteiger partial charge in [0.1, 0.15) is 5.60 Å². The van der Waals surface area contributed by atoms with E-state index in [9.17, 15) is 9.90 Å². The molecule has 1 aliphatic rings. The minimum atomic E-state index is -0.802. The predicted molar refractivity (Wildman–Crippen MR) is 101 cm³/mol. The first kappa shape index (κ1) is 20.7. The van der Waals surface area contributed by atoms with E-state index in [0.717, 1.165) is 18.4 Å². The van der Waals surface area contributed by atoms with Crippen LogP contribution in [0.5, 0.6) is 0 Å². The van der Waals surface area contributed by atoms with Crippen molar-refractivity contribution in [2.75, 3.05) is 6.54 Å². The first-order valence-corrected chi connectivity index (χ1v) is 9.43. The van der Waals surface area contributed by atoms with E-state index in [1.54, 1.807) is 0 Å². The second-order valence-corrected chi connectivity index (χ2v) is 7.88. The number of hydroxylamine groups is 1. The summed E-state index contributed by atoms with van der Waals surface area (Å²) in [6.45, 7) is 5.68. The Hall–Kier alpha value is -1.63. The van der Waals surface area contributed by atoms with Crippen LogP contribution in [-0.2, 0) is 16.0 Å². The SMILES string of the molecule is CC(C)(C)OC(=O)NC(Cc1ccccc1)[C@H](O)CNOC1CCCC1. The predicted octanol–water partition coefficient (Wildman–Crippen LogP) is 2.95. The maximum absolute atomic E-state index is 12.2. The molecule has 0 spiro atoms. The average molecular weight is 364 g/mol. The maximum Gasteiger partial charge on any atom is 0.407 e. The lowest BCUT2D eigenvalue weighted by Gasteiger charge is -2.27. The van der Waals surface area contributed by atoms with Gasteiger partial charge in [0.2, 0.25) is 0 Å². The van der Waals surface area contributed by atoms with E-state index in [1.807, 2.05) is 51.1 Å². The van der Waals surface area contributed by atoms with Gasteiger partial charge in [0.15, 0.2) is 0 Å². The molecule has 1 fully saturated rings. The number of hydrogen-bond acceptors (Lipinski definition) is 5. The monoisotopic (exact) mass is 364 g/mol. The van der Waals surface area contributed by atoms with Gasteiger partial charge in [0, 0.05) is 6.54 Å². The minimum Gasteiger partial charge on any atom is -0.444 e. The highest BCUT2D eigenvalue weighted by Gasteiger charge is 2.25. The highest BCUT2D eigenvalue weighted by atomic mass is 16.7. The standard InChI is InChI=1S/C20H32N2O4/c1-20(2,3)25-19(24)22-17(13-15-9-5-4-6-10-15)18(23)14-21-26-16-11-7-8-12-16/h4-6,9-10,16-18,21,23H,7-8,11-14H2,1-3H3,(H,22,24)/t17?,18-/m1/s1. The number of aliphatic hydroxyl groups excluding tert-OH is 1. The van der Waals surface area contributed by atoms with Crippen LogP contribution in [0.25, 0.3) is 0 Å². The Morgan fingerprint density at radius 2 is 1.88 bits per heavy atom. The van der Waals surface area contributed by atoms with Crippen LogP contribution in [0.3, 0.4) is 0 Å². The van der Waals surface area contributed by atoms with Crippen molar-refractivity contribution in [3.8, 4) is 0 Å². The molecule has 0 aliphatic heterocycles. The fourth-order valence-electron chi connectivity index (χ4n) is 3.01. The van der Waals surface area contributed by atoms with Gasteiger partial charge in [-0.05, 0) is 45.6 Å². The molecular weight excluding hydrogens is 332 g/mol. The van der Waals surface area contributed by atoms with E-state index >= 15 is 0 Å². The second kappa shape index (κ2) is 9.90. The van der Waals surface area contributed by atoms with Crippen molar-refractivity contribution in [2.24, 2.45) is 0 Å². The fraction of sp³-hybridized carbons (Fsp3) is 0.650. The second-order valence-electron chi connectivity index (χ2n) is 7.88. The van der Waals surface area contributed by atoms with Crippen LogP contribution in [0.1, 0.15) is 52.0 Å². The van der Waals surface area contributed by atoms with Crippen LogP contribution in [0, 0.1) is 0 Å². The highest BCUT2D eigenvalue weighted by molar-refractivity contribution is 5.68. The van der Waals surface area contributed by atoms with Crippen molar-refractivity contribution < 1.29 is 19.5 Å². The first-order valence-electron chi connectivity index (χ1n) is 9.43. The van der Waals surface area contributed by atoms with Crippen LogP contribution in [0.15, 0.2) is 30.3 Å². The molecule has 1 saturated carbocycles. The molecule has 1 unspecified atom stereocenters. The summed E-state index contributed by atoms with van der Waals surface area (Å²) >= 11 is 0. The summed E-state index contributed by atoms with van der Waals surface area (Å²) in [6.07, 6.45) is 3.86. The Balaban J connectivity index is 1.90. The third-order valence-electron chi connectivity index (χ3n) is 4.31. The average Bonchev–Trinajstić information content (AvgIpc) is 3.06. The molecule has 0 saturated heterocycles. The molecule has 0 bridgehead atoms. The van der Waals surface area contributed by atoms with Crippen molar-refractivity contribution in [3.05, 3.63) is 35.9 Å². The molecule has 0 radical (unpaired) electrons. The van der Waals surface area contributed by atoms with Crippen LogP contribution in [-0.4, -0.2) is 41.6 Å². The Labute approximate surface area is 156 Å².